The molecule has 0 saturated heterocycles. The van der Waals surface area contributed by atoms with Crippen LogP contribution < -0.4 is 16.0 Å². The molecule has 2 aliphatic rings. The van der Waals surface area contributed by atoms with Crippen LogP contribution in [0.5, 0.6) is 0 Å². The second kappa shape index (κ2) is 7.33. The molecule has 0 atom stereocenters. The topological polar surface area (TPSA) is 70.2 Å². The van der Waals surface area contributed by atoms with Gasteiger partial charge in [0.05, 0.1) is 5.56 Å². The number of carbonyl (C=O) groups is 2. The molecule has 7 heteroatoms. The fourth-order valence-electron chi connectivity index (χ4n) is 3.33. The van der Waals surface area contributed by atoms with Gasteiger partial charge in [0.25, 0.3) is 5.91 Å². The summed E-state index contributed by atoms with van der Waals surface area (Å²) in [6, 6.07) is 8.42. The van der Waals surface area contributed by atoms with Crippen LogP contribution in [-0.2, 0) is 17.6 Å². The van der Waals surface area contributed by atoms with Gasteiger partial charge in [-0.25, -0.2) is 4.39 Å². The summed E-state index contributed by atoms with van der Waals surface area (Å²) in [7, 11) is 0. The predicted molar refractivity (Wildman–Crippen MR) is 102 cm³/mol. The van der Waals surface area contributed by atoms with Crippen molar-refractivity contribution in [2.24, 2.45) is 0 Å². The Morgan fingerprint density at radius 2 is 1.85 bits per heavy atom. The smallest absolute Gasteiger partial charge is 0.258 e. The fourth-order valence-corrected chi connectivity index (χ4v) is 3.33. The van der Waals surface area contributed by atoms with Crippen LogP contribution >= 0.6 is 12.4 Å². The molecule has 2 aromatic carbocycles. The molecule has 0 unspecified atom stereocenters. The Labute approximate surface area is 156 Å². The van der Waals surface area contributed by atoms with Crippen molar-refractivity contribution >= 4 is 41.3 Å². The van der Waals surface area contributed by atoms with E-state index < -0.39 is 11.7 Å². The molecule has 136 valence electrons. The van der Waals surface area contributed by atoms with Gasteiger partial charge in [0.2, 0.25) is 5.91 Å². The molecule has 0 fully saturated rings. The molecule has 0 bridgehead atoms. The van der Waals surface area contributed by atoms with Gasteiger partial charge in [0.1, 0.15) is 5.82 Å². The Bertz CT molecular complexity index is 885. The van der Waals surface area contributed by atoms with Crippen molar-refractivity contribution in [3.63, 3.8) is 0 Å². The number of anilines is 3. The number of rotatable bonds is 2. The number of nitrogens with one attached hydrogen (secondary N) is 3. The van der Waals surface area contributed by atoms with E-state index in [4.69, 9.17) is 0 Å². The minimum Gasteiger partial charge on any atom is -0.385 e. The summed E-state index contributed by atoms with van der Waals surface area (Å²) in [4.78, 5) is 23.9. The van der Waals surface area contributed by atoms with Gasteiger partial charge in [0.15, 0.2) is 0 Å². The Kier molecular flexibility index (Phi) is 5.13. The highest BCUT2D eigenvalue weighted by atomic mass is 35.5. The molecule has 0 aromatic heterocycles. The van der Waals surface area contributed by atoms with Crippen molar-refractivity contribution in [2.45, 2.75) is 25.7 Å². The van der Waals surface area contributed by atoms with E-state index in [1.807, 2.05) is 18.2 Å². The van der Waals surface area contributed by atoms with Gasteiger partial charge in [0, 0.05) is 30.0 Å². The summed E-state index contributed by atoms with van der Waals surface area (Å²) in [5, 5.41) is 8.72. The monoisotopic (exact) mass is 375 g/mol. The SMILES string of the molecule is Cl.O=C1CCc2cc(C(=O)Nc3ccc4c(c3)CCCN4)c(F)cc2N1. The first-order valence-electron chi connectivity index (χ1n) is 8.40. The number of halogens is 2. The molecule has 5 nitrogen and oxygen atoms in total. The fraction of sp³-hybridized carbons (Fsp3) is 0.263. The third-order valence-corrected chi connectivity index (χ3v) is 4.63. The quantitative estimate of drug-likeness (QED) is 0.748. The Morgan fingerprint density at radius 3 is 2.69 bits per heavy atom. The summed E-state index contributed by atoms with van der Waals surface area (Å²) in [5.74, 6) is -1.26. The van der Waals surface area contributed by atoms with Crippen molar-refractivity contribution in [1.29, 1.82) is 0 Å². The van der Waals surface area contributed by atoms with Crippen molar-refractivity contribution in [2.75, 3.05) is 22.5 Å². The van der Waals surface area contributed by atoms with Gasteiger partial charge >= 0.3 is 0 Å². The number of amides is 2. The number of hydrogen-bond donors (Lipinski definition) is 3. The van der Waals surface area contributed by atoms with E-state index in [1.165, 1.54) is 12.1 Å². The lowest BCUT2D eigenvalue weighted by atomic mass is 9.99. The van der Waals surface area contributed by atoms with E-state index in [2.05, 4.69) is 16.0 Å². The standard InChI is InChI=1S/C19H18FN3O2.ClH/c20-15-10-17-12(3-6-18(24)23-17)9-14(15)19(25)22-13-4-5-16-11(8-13)2-1-7-21-16;/h4-5,8-10,21H,1-3,6-7H2,(H,22,25)(H,23,24);1H. The first-order chi connectivity index (χ1) is 12.1. The second-order valence-corrected chi connectivity index (χ2v) is 6.39. The van der Waals surface area contributed by atoms with Crippen molar-refractivity contribution in [3.05, 3.63) is 52.8 Å². The van der Waals surface area contributed by atoms with Crippen molar-refractivity contribution in [1.82, 2.24) is 0 Å². The van der Waals surface area contributed by atoms with Crippen LogP contribution in [0.2, 0.25) is 0 Å². The molecule has 2 aliphatic heterocycles. The highest BCUT2D eigenvalue weighted by Gasteiger charge is 2.21. The maximum absolute atomic E-state index is 14.3. The van der Waals surface area contributed by atoms with E-state index in [1.54, 1.807) is 0 Å². The number of benzene rings is 2. The number of hydrogen-bond acceptors (Lipinski definition) is 3. The Balaban J connectivity index is 0.00000196. The molecule has 4 rings (SSSR count). The zero-order valence-corrected chi connectivity index (χ0v) is 14.8. The van der Waals surface area contributed by atoms with Crippen LogP contribution in [0.15, 0.2) is 30.3 Å². The number of carbonyl (C=O) groups excluding carboxylic acids is 2. The average molecular weight is 376 g/mol. The first-order valence-corrected chi connectivity index (χ1v) is 8.40. The van der Waals surface area contributed by atoms with Gasteiger partial charge in [-0.15, -0.1) is 12.4 Å². The predicted octanol–water partition coefficient (Wildman–Crippen LogP) is 3.74. The van der Waals surface area contributed by atoms with E-state index in [9.17, 15) is 14.0 Å². The molecule has 2 heterocycles. The molecule has 0 radical (unpaired) electrons. The van der Waals surface area contributed by atoms with Crippen LogP contribution in [0.4, 0.5) is 21.5 Å². The Hall–Kier alpha value is -2.60. The molecule has 26 heavy (non-hydrogen) atoms. The minimum atomic E-state index is -0.641. The third-order valence-electron chi connectivity index (χ3n) is 4.63. The Morgan fingerprint density at radius 1 is 1.04 bits per heavy atom. The molecule has 0 saturated carbocycles. The van der Waals surface area contributed by atoms with Gasteiger partial charge < -0.3 is 16.0 Å². The molecular weight excluding hydrogens is 357 g/mol. The molecule has 2 aromatic rings. The maximum atomic E-state index is 14.3. The van der Waals surface area contributed by atoms with Crippen LogP contribution in [-0.4, -0.2) is 18.4 Å². The average Bonchev–Trinajstić information content (AvgIpc) is 2.61. The number of aryl methyl sites for hydroxylation is 2. The minimum absolute atomic E-state index is 0. The van der Waals surface area contributed by atoms with Crippen molar-refractivity contribution < 1.29 is 14.0 Å². The summed E-state index contributed by atoms with van der Waals surface area (Å²) in [6.45, 7) is 0.954. The van der Waals surface area contributed by atoms with Crippen molar-refractivity contribution in [3.8, 4) is 0 Å². The largest absolute Gasteiger partial charge is 0.385 e. The highest BCUT2D eigenvalue weighted by Crippen LogP contribution is 2.28. The van der Waals surface area contributed by atoms with E-state index >= 15 is 0 Å². The summed E-state index contributed by atoms with van der Waals surface area (Å²) >= 11 is 0. The van der Waals surface area contributed by atoms with E-state index in [0.29, 0.717) is 24.2 Å². The summed E-state index contributed by atoms with van der Waals surface area (Å²) < 4.78 is 14.3. The van der Waals surface area contributed by atoms with Crippen LogP contribution in [0.1, 0.15) is 34.3 Å². The highest BCUT2D eigenvalue weighted by molar-refractivity contribution is 6.05. The van der Waals surface area contributed by atoms with Crippen LogP contribution in [0, 0.1) is 5.82 Å². The zero-order chi connectivity index (χ0) is 17.4. The maximum Gasteiger partial charge on any atom is 0.258 e. The molecule has 3 N–H and O–H groups in total. The lowest BCUT2D eigenvalue weighted by Gasteiger charge is -2.19. The number of fused-ring (bicyclic) bond motifs is 2. The second-order valence-electron chi connectivity index (χ2n) is 6.39. The van der Waals surface area contributed by atoms with Crippen LogP contribution in [0.25, 0.3) is 0 Å². The first kappa shape index (κ1) is 18.2. The molecule has 0 spiro atoms. The molecule has 0 aliphatic carbocycles. The third kappa shape index (κ3) is 3.51. The van der Waals surface area contributed by atoms with E-state index in [0.717, 1.165) is 36.2 Å². The summed E-state index contributed by atoms with van der Waals surface area (Å²) in [6.07, 6.45) is 2.86. The van der Waals surface area contributed by atoms with Gasteiger partial charge in [-0.3, -0.25) is 9.59 Å². The summed E-state index contributed by atoms with van der Waals surface area (Å²) in [5.41, 5.74) is 4.10. The molecular formula is C19H19ClFN3O2. The molecule has 2 amide bonds. The van der Waals surface area contributed by atoms with Crippen LogP contribution in [0.3, 0.4) is 0 Å². The normalized spacial score (nSPS) is 14.9. The zero-order valence-electron chi connectivity index (χ0n) is 14.0. The lowest BCUT2D eigenvalue weighted by Crippen LogP contribution is -2.21. The lowest BCUT2D eigenvalue weighted by molar-refractivity contribution is -0.116. The van der Waals surface area contributed by atoms with Gasteiger partial charge in [-0.1, -0.05) is 0 Å². The van der Waals surface area contributed by atoms with Gasteiger partial charge in [-0.05, 0) is 60.7 Å². The van der Waals surface area contributed by atoms with Gasteiger partial charge in [-0.2, -0.15) is 0 Å². The van der Waals surface area contributed by atoms with E-state index in [-0.39, 0.29) is 23.9 Å².